The summed E-state index contributed by atoms with van der Waals surface area (Å²) in [5, 5.41) is 0.778. The number of aromatic nitrogens is 2. The first-order valence-electron chi connectivity index (χ1n) is 5.65. The van der Waals surface area contributed by atoms with Crippen molar-refractivity contribution in [3.63, 3.8) is 0 Å². The van der Waals surface area contributed by atoms with Gasteiger partial charge in [0.1, 0.15) is 5.82 Å². The molecule has 0 bridgehead atoms. The average molecular weight is 277 g/mol. The van der Waals surface area contributed by atoms with E-state index in [0.717, 1.165) is 17.4 Å². The molecule has 0 fully saturated rings. The molecule has 1 rings (SSSR count). The van der Waals surface area contributed by atoms with Crippen LogP contribution >= 0.6 is 11.5 Å². The Bertz CT molecular complexity index is 456. The smallest absolute Gasteiger partial charge is 0.205 e. The Kier molecular flexibility index (Phi) is 4.88. The quantitative estimate of drug-likeness (QED) is 0.785. The third kappa shape index (κ3) is 3.92. The van der Waals surface area contributed by atoms with Gasteiger partial charge in [-0.3, -0.25) is 0 Å². The van der Waals surface area contributed by atoms with Crippen molar-refractivity contribution in [2.45, 2.75) is 33.2 Å². The van der Waals surface area contributed by atoms with E-state index in [9.17, 15) is 8.42 Å². The van der Waals surface area contributed by atoms with E-state index in [-0.39, 0.29) is 17.5 Å². The van der Waals surface area contributed by atoms with Crippen molar-refractivity contribution in [3.8, 4) is 0 Å². The molecular weight excluding hydrogens is 258 g/mol. The predicted octanol–water partition coefficient (Wildman–Crippen LogP) is 1.36. The van der Waals surface area contributed by atoms with Crippen LogP contribution in [0.4, 0.5) is 5.13 Å². The van der Waals surface area contributed by atoms with E-state index in [2.05, 4.69) is 9.36 Å². The van der Waals surface area contributed by atoms with Crippen molar-refractivity contribution in [2.24, 2.45) is 0 Å². The third-order valence-electron chi connectivity index (χ3n) is 2.67. The van der Waals surface area contributed by atoms with E-state index in [1.807, 2.05) is 25.8 Å². The van der Waals surface area contributed by atoms with Gasteiger partial charge in [0.05, 0.1) is 5.75 Å². The van der Waals surface area contributed by atoms with Crippen LogP contribution in [0.3, 0.4) is 0 Å². The van der Waals surface area contributed by atoms with E-state index in [1.54, 1.807) is 6.92 Å². The Morgan fingerprint density at radius 2 is 2.06 bits per heavy atom. The van der Waals surface area contributed by atoms with Crippen molar-refractivity contribution >= 4 is 26.5 Å². The summed E-state index contributed by atoms with van der Waals surface area (Å²) in [6.45, 7) is 5.55. The molecule has 1 unspecified atom stereocenters. The largest absolute Gasteiger partial charge is 0.346 e. The molecule has 1 heterocycles. The minimum Gasteiger partial charge on any atom is -0.346 e. The number of hydrogen-bond acceptors (Lipinski definition) is 6. The number of nitrogens with zero attached hydrogens (tertiary/aromatic N) is 3. The molecule has 0 aromatic carbocycles. The molecule has 0 N–H and O–H groups in total. The maximum Gasteiger partial charge on any atom is 0.205 e. The molecule has 0 aliphatic rings. The van der Waals surface area contributed by atoms with Crippen molar-refractivity contribution in [2.75, 3.05) is 23.5 Å². The highest BCUT2D eigenvalue weighted by Crippen LogP contribution is 2.18. The van der Waals surface area contributed by atoms with Crippen LogP contribution in [0.1, 0.15) is 26.6 Å². The molecule has 7 heteroatoms. The number of aryl methyl sites for hydroxylation is 1. The summed E-state index contributed by atoms with van der Waals surface area (Å²) < 4.78 is 27.3. The van der Waals surface area contributed by atoms with Gasteiger partial charge in [-0.05, 0) is 6.92 Å². The summed E-state index contributed by atoms with van der Waals surface area (Å²) in [5.41, 5.74) is 0. The highest BCUT2D eigenvalue weighted by atomic mass is 32.2. The number of anilines is 1. The number of hydrogen-bond donors (Lipinski definition) is 0. The van der Waals surface area contributed by atoms with Crippen LogP contribution in [0.5, 0.6) is 0 Å². The highest BCUT2D eigenvalue weighted by molar-refractivity contribution is 7.91. The molecule has 0 spiro atoms. The lowest BCUT2D eigenvalue weighted by Gasteiger charge is -2.23. The van der Waals surface area contributed by atoms with Crippen LogP contribution in [0.2, 0.25) is 0 Å². The van der Waals surface area contributed by atoms with Gasteiger partial charge >= 0.3 is 0 Å². The highest BCUT2D eigenvalue weighted by Gasteiger charge is 2.20. The van der Waals surface area contributed by atoms with Gasteiger partial charge in [-0.2, -0.15) is 4.37 Å². The van der Waals surface area contributed by atoms with Crippen molar-refractivity contribution < 1.29 is 8.42 Å². The standard InChI is InChI=1S/C10H19N3O2S2/c1-5-9-11-10(16-12-9)13(4)8(3)7-17(14,15)6-2/h8H,5-7H2,1-4H3. The van der Waals surface area contributed by atoms with E-state index >= 15 is 0 Å². The molecule has 0 saturated heterocycles. The summed E-state index contributed by atoms with van der Waals surface area (Å²) >= 11 is 1.31. The molecule has 0 radical (unpaired) electrons. The molecule has 0 saturated carbocycles. The molecule has 17 heavy (non-hydrogen) atoms. The van der Waals surface area contributed by atoms with Crippen LogP contribution in [-0.4, -0.2) is 42.4 Å². The molecule has 0 aliphatic heterocycles. The van der Waals surface area contributed by atoms with Crippen LogP contribution in [0.15, 0.2) is 0 Å². The monoisotopic (exact) mass is 277 g/mol. The van der Waals surface area contributed by atoms with Crippen LogP contribution < -0.4 is 4.90 Å². The third-order valence-corrected chi connectivity index (χ3v) is 5.39. The SMILES string of the molecule is CCc1nsc(N(C)C(C)CS(=O)(=O)CC)n1. The van der Waals surface area contributed by atoms with Gasteiger partial charge in [0.25, 0.3) is 0 Å². The zero-order chi connectivity index (χ0) is 13.1. The normalized spacial score (nSPS) is 13.6. The van der Waals surface area contributed by atoms with Crippen LogP contribution in [0.25, 0.3) is 0 Å². The first-order chi connectivity index (χ1) is 7.89. The fourth-order valence-corrected chi connectivity index (χ4v) is 3.32. The summed E-state index contributed by atoms with van der Waals surface area (Å²) in [6.07, 6.45) is 0.798. The Morgan fingerprint density at radius 1 is 1.41 bits per heavy atom. The van der Waals surface area contributed by atoms with E-state index in [4.69, 9.17) is 0 Å². The van der Waals surface area contributed by atoms with E-state index in [0.29, 0.717) is 0 Å². The van der Waals surface area contributed by atoms with E-state index < -0.39 is 9.84 Å². The topological polar surface area (TPSA) is 63.2 Å². The molecule has 0 aliphatic carbocycles. The zero-order valence-electron chi connectivity index (χ0n) is 10.7. The van der Waals surface area contributed by atoms with Crippen molar-refractivity contribution in [1.82, 2.24) is 9.36 Å². The second-order valence-corrected chi connectivity index (χ2v) is 7.13. The van der Waals surface area contributed by atoms with Crippen molar-refractivity contribution in [1.29, 1.82) is 0 Å². The first-order valence-corrected chi connectivity index (χ1v) is 8.25. The first kappa shape index (κ1) is 14.4. The zero-order valence-corrected chi connectivity index (χ0v) is 12.3. The number of rotatable bonds is 6. The van der Waals surface area contributed by atoms with Gasteiger partial charge in [-0.25, -0.2) is 13.4 Å². The Balaban J connectivity index is 2.72. The second-order valence-electron chi connectivity index (χ2n) is 4.01. The van der Waals surface area contributed by atoms with Gasteiger partial charge in [0.2, 0.25) is 5.13 Å². The second kappa shape index (κ2) is 5.77. The average Bonchev–Trinajstić information content (AvgIpc) is 2.76. The van der Waals surface area contributed by atoms with Gasteiger partial charge < -0.3 is 4.90 Å². The molecule has 1 aromatic heterocycles. The Morgan fingerprint density at radius 3 is 2.53 bits per heavy atom. The van der Waals surface area contributed by atoms with Gasteiger partial charge in [0, 0.05) is 36.8 Å². The van der Waals surface area contributed by atoms with Gasteiger partial charge in [-0.1, -0.05) is 13.8 Å². The van der Waals surface area contributed by atoms with E-state index in [1.165, 1.54) is 11.5 Å². The summed E-state index contributed by atoms with van der Waals surface area (Å²) in [7, 11) is -1.10. The predicted molar refractivity (Wildman–Crippen MR) is 71.5 cm³/mol. The fraction of sp³-hybridized carbons (Fsp3) is 0.800. The number of sulfone groups is 1. The van der Waals surface area contributed by atoms with Crippen molar-refractivity contribution in [3.05, 3.63) is 5.82 Å². The van der Waals surface area contributed by atoms with Crippen LogP contribution in [-0.2, 0) is 16.3 Å². The minimum atomic E-state index is -2.96. The summed E-state index contributed by atoms with van der Waals surface area (Å²) in [5.74, 6) is 1.14. The molecule has 1 atom stereocenters. The van der Waals surface area contributed by atoms with Crippen LogP contribution in [0, 0.1) is 0 Å². The summed E-state index contributed by atoms with van der Waals surface area (Å²) in [4.78, 5) is 6.22. The lowest BCUT2D eigenvalue weighted by molar-refractivity contribution is 0.588. The minimum absolute atomic E-state index is 0.0855. The molecule has 1 aromatic rings. The maximum atomic E-state index is 11.5. The molecule has 0 amide bonds. The van der Waals surface area contributed by atoms with Gasteiger partial charge in [0.15, 0.2) is 9.84 Å². The Hall–Kier alpha value is -0.690. The lowest BCUT2D eigenvalue weighted by Crippen LogP contribution is -2.35. The maximum absolute atomic E-state index is 11.5. The molecule has 5 nitrogen and oxygen atoms in total. The molecular formula is C10H19N3O2S2. The lowest BCUT2D eigenvalue weighted by atomic mass is 10.4. The van der Waals surface area contributed by atoms with Gasteiger partial charge in [-0.15, -0.1) is 0 Å². The Labute approximate surface area is 107 Å². The summed E-state index contributed by atoms with van der Waals surface area (Å²) in [6, 6.07) is -0.0855. The molecule has 98 valence electrons. The fourth-order valence-electron chi connectivity index (χ4n) is 1.32.